The standard InChI is InChI=1S/C11H14Cl2N2OS/c1-7(16)15-4-2-8(3-5-15)11-14-9(6-17-11)10(12)13/h6,8,10H,2-5H2,1H3. The van der Waals surface area contributed by atoms with Crippen LogP contribution in [0.1, 0.15) is 41.2 Å². The van der Waals surface area contributed by atoms with E-state index in [9.17, 15) is 4.79 Å². The van der Waals surface area contributed by atoms with Crippen molar-refractivity contribution in [3.8, 4) is 0 Å². The zero-order valence-electron chi connectivity index (χ0n) is 9.53. The summed E-state index contributed by atoms with van der Waals surface area (Å²) >= 11 is 13.2. The minimum Gasteiger partial charge on any atom is -0.343 e. The quantitative estimate of drug-likeness (QED) is 0.783. The van der Waals surface area contributed by atoms with Crippen molar-refractivity contribution in [3.05, 3.63) is 16.1 Å². The van der Waals surface area contributed by atoms with Crippen molar-refractivity contribution in [1.82, 2.24) is 9.88 Å². The molecule has 2 heterocycles. The van der Waals surface area contributed by atoms with Crippen molar-refractivity contribution < 1.29 is 4.79 Å². The van der Waals surface area contributed by atoms with E-state index in [1.165, 1.54) is 0 Å². The van der Waals surface area contributed by atoms with Crippen LogP contribution >= 0.6 is 34.5 Å². The Morgan fingerprint density at radius 1 is 1.53 bits per heavy atom. The van der Waals surface area contributed by atoms with Gasteiger partial charge in [0.05, 0.1) is 10.7 Å². The van der Waals surface area contributed by atoms with Crippen LogP contribution in [0.3, 0.4) is 0 Å². The molecule has 0 N–H and O–H groups in total. The van der Waals surface area contributed by atoms with Gasteiger partial charge < -0.3 is 4.90 Å². The highest BCUT2D eigenvalue weighted by atomic mass is 35.5. The van der Waals surface area contributed by atoms with E-state index in [1.807, 2.05) is 10.3 Å². The summed E-state index contributed by atoms with van der Waals surface area (Å²) in [5, 5.41) is 3.01. The fourth-order valence-corrected chi connectivity index (χ4v) is 3.42. The molecule has 0 bridgehead atoms. The molecule has 0 aliphatic carbocycles. The summed E-state index contributed by atoms with van der Waals surface area (Å²) < 4.78 is 0. The molecular formula is C11H14Cl2N2OS. The van der Waals surface area contributed by atoms with Crippen LogP contribution in [0.25, 0.3) is 0 Å². The normalized spacial score (nSPS) is 17.8. The molecule has 0 unspecified atom stereocenters. The number of thiazole rings is 1. The van der Waals surface area contributed by atoms with E-state index in [2.05, 4.69) is 4.98 Å². The predicted molar refractivity (Wildman–Crippen MR) is 70.8 cm³/mol. The zero-order chi connectivity index (χ0) is 12.4. The Morgan fingerprint density at radius 3 is 2.65 bits per heavy atom. The minimum absolute atomic E-state index is 0.157. The Kier molecular flexibility index (Phi) is 4.28. The number of carbonyl (C=O) groups excluding carboxylic acids is 1. The van der Waals surface area contributed by atoms with Crippen LogP contribution < -0.4 is 0 Å². The van der Waals surface area contributed by atoms with Crippen LogP contribution in [-0.4, -0.2) is 28.9 Å². The lowest BCUT2D eigenvalue weighted by Gasteiger charge is -2.30. The molecule has 0 radical (unpaired) electrons. The van der Waals surface area contributed by atoms with E-state index < -0.39 is 4.84 Å². The highest BCUT2D eigenvalue weighted by Gasteiger charge is 2.24. The molecule has 1 aliphatic heterocycles. The third kappa shape index (κ3) is 3.12. The molecule has 1 aliphatic rings. The largest absolute Gasteiger partial charge is 0.343 e. The van der Waals surface area contributed by atoms with Gasteiger partial charge in [0.1, 0.15) is 4.84 Å². The van der Waals surface area contributed by atoms with Gasteiger partial charge in [-0.2, -0.15) is 0 Å². The third-order valence-electron chi connectivity index (χ3n) is 3.05. The lowest BCUT2D eigenvalue weighted by atomic mass is 9.97. The molecule has 1 fully saturated rings. The number of rotatable bonds is 2. The summed E-state index contributed by atoms with van der Waals surface area (Å²) in [7, 11) is 0. The summed E-state index contributed by atoms with van der Waals surface area (Å²) in [6, 6.07) is 0. The maximum atomic E-state index is 11.2. The molecule has 17 heavy (non-hydrogen) atoms. The van der Waals surface area contributed by atoms with E-state index in [0.29, 0.717) is 5.92 Å². The van der Waals surface area contributed by atoms with Crippen molar-refractivity contribution in [1.29, 1.82) is 0 Å². The molecular weight excluding hydrogens is 279 g/mol. The lowest BCUT2D eigenvalue weighted by molar-refractivity contribution is -0.129. The number of piperidine rings is 1. The van der Waals surface area contributed by atoms with Crippen molar-refractivity contribution in [3.63, 3.8) is 0 Å². The summed E-state index contributed by atoms with van der Waals surface area (Å²) in [5.74, 6) is 0.598. The molecule has 0 saturated carbocycles. The lowest BCUT2D eigenvalue weighted by Crippen LogP contribution is -2.36. The topological polar surface area (TPSA) is 33.2 Å². The second-order valence-corrected chi connectivity index (χ2v) is 6.18. The van der Waals surface area contributed by atoms with E-state index in [4.69, 9.17) is 23.2 Å². The zero-order valence-corrected chi connectivity index (χ0v) is 11.9. The summed E-state index contributed by atoms with van der Waals surface area (Å²) in [6.45, 7) is 3.26. The number of nitrogens with zero attached hydrogens (tertiary/aromatic N) is 2. The molecule has 0 atom stereocenters. The Morgan fingerprint density at radius 2 is 2.18 bits per heavy atom. The van der Waals surface area contributed by atoms with Gasteiger partial charge in [0.15, 0.2) is 0 Å². The molecule has 1 saturated heterocycles. The minimum atomic E-state index is -0.544. The second kappa shape index (κ2) is 5.55. The Hall–Kier alpha value is -0.320. The molecule has 1 amide bonds. The van der Waals surface area contributed by atoms with Crippen molar-refractivity contribution in [2.45, 2.75) is 30.5 Å². The molecule has 0 spiro atoms. The third-order valence-corrected chi connectivity index (χ3v) is 4.53. The number of alkyl halides is 2. The number of likely N-dealkylation sites (tertiary alicyclic amines) is 1. The first-order valence-electron chi connectivity index (χ1n) is 5.57. The van der Waals surface area contributed by atoms with Gasteiger partial charge in [0.2, 0.25) is 5.91 Å². The fraction of sp³-hybridized carbons (Fsp3) is 0.636. The number of hydrogen-bond donors (Lipinski definition) is 0. The Balaban J connectivity index is 1.98. The van der Waals surface area contributed by atoms with Crippen LogP contribution in [-0.2, 0) is 4.79 Å². The Labute approximate surface area is 115 Å². The SMILES string of the molecule is CC(=O)N1CCC(c2nc(C(Cl)Cl)cs2)CC1. The van der Waals surface area contributed by atoms with Crippen molar-refractivity contribution in [2.75, 3.05) is 13.1 Å². The number of aromatic nitrogens is 1. The molecule has 2 rings (SSSR count). The van der Waals surface area contributed by atoms with Gasteiger partial charge in [0, 0.05) is 31.3 Å². The van der Waals surface area contributed by atoms with Crippen LogP contribution in [0, 0.1) is 0 Å². The van der Waals surface area contributed by atoms with Gasteiger partial charge in [-0.05, 0) is 12.8 Å². The first-order valence-corrected chi connectivity index (χ1v) is 7.32. The predicted octanol–water partition coefficient (Wildman–Crippen LogP) is 3.35. The summed E-state index contributed by atoms with van der Waals surface area (Å²) in [6.07, 6.45) is 1.95. The monoisotopic (exact) mass is 292 g/mol. The number of hydrogen-bond acceptors (Lipinski definition) is 3. The summed E-state index contributed by atoms with van der Waals surface area (Å²) in [4.78, 5) is 17.0. The molecule has 94 valence electrons. The highest BCUT2D eigenvalue weighted by molar-refractivity contribution is 7.09. The number of carbonyl (C=O) groups is 1. The molecule has 1 aromatic heterocycles. The van der Waals surface area contributed by atoms with Gasteiger partial charge in [-0.3, -0.25) is 4.79 Å². The first kappa shape index (κ1) is 13.1. The van der Waals surface area contributed by atoms with E-state index in [1.54, 1.807) is 18.3 Å². The van der Waals surface area contributed by atoms with Gasteiger partial charge in [-0.1, -0.05) is 23.2 Å². The number of halogens is 2. The molecule has 1 aromatic rings. The van der Waals surface area contributed by atoms with Crippen molar-refractivity contribution >= 4 is 40.4 Å². The van der Waals surface area contributed by atoms with Crippen molar-refractivity contribution in [2.24, 2.45) is 0 Å². The maximum absolute atomic E-state index is 11.2. The number of amides is 1. The van der Waals surface area contributed by atoms with Crippen LogP contribution in [0.5, 0.6) is 0 Å². The van der Waals surface area contributed by atoms with Gasteiger partial charge in [0.25, 0.3) is 0 Å². The van der Waals surface area contributed by atoms with Gasteiger partial charge in [-0.25, -0.2) is 4.98 Å². The molecule has 0 aromatic carbocycles. The van der Waals surface area contributed by atoms with E-state index >= 15 is 0 Å². The maximum Gasteiger partial charge on any atom is 0.219 e. The van der Waals surface area contributed by atoms with Gasteiger partial charge >= 0.3 is 0 Å². The molecule has 6 heteroatoms. The van der Waals surface area contributed by atoms with Gasteiger partial charge in [-0.15, -0.1) is 11.3 Å². The smallest absolute Gasteiger partial charge is 0.219 e. The molecule has 3 nitrogen and oxygen atoms in total. The van der Waals surface area contributed by atoms with Crippen LogP contribution in [0.4, 0.5) is 0 Å². The average molecular weight is 293 g/mol. The highest BCUT2D eigenvalue weighted by Crippen LogP contribution is 2.33. The second-order valence-electron chi connectivity index (χ2n) is 4.19. The van der Waals surface area contributed by atoms with E-state index in [0.717, 1.165) is 36.6 Å². The van der Waals surface area contributed by atoms with Crippen LogP contribution in [0.2, 0.25) is 0 Å². The van der Waals surface area contributed by atoms with E-state index in [-0.39, 0.29) is 5.91 Å². The summed E-state index contributed by atoms with van der Waals surface area (Å²) in [5.41, 5.74) is 0.738. The first-order chi connectivity index (χ1) is 8.08. The fourth-order valence-electron chi connectivity index (χ4n) is 2.03. The van der Waals surface area contributed by atoms with Crippen LogP contribution in [0.15, 0.2) is 5.38 Å². The average Bonchev–Trinajstić information content (AvgIpc) is 2.78. The Bertz CT molecular complexity index is 400.